The molecule has 1 aliphatic heterocycles. The Kier molecular flexibility index (Phi) is 7.43. The Hall–Kier alpha value is -1.14. The molecule has 0 aliphatic carbocycles. The molecule has 1 saturated heterocycles. The average Bonchev–Trinajstić information content (AvgIpc) is 2.46. The lowest BCUT2D eigenvalue weighted by Crippen LogP contribution is -2.40. The van der Waals surface area contributed by atoms with Crippen molar-refractivity contribution in [2.24, 2.45) is 11.8 Å². The summed E-state index contributed by atoms with van der Waals surface area (Å²) < 4.78 is 10.1. The first kappa shape index (κ1) is 15.9. The summed E-state index contributed by atoms with van der Waals surface area (Å²) in [5, 5.41) is 5.72. The molecule has 6 heteroatoms. The van der Waals surface area contributed by atoms with Crippen LogP contribution in [-0.4, -0.2) is 52.3 Å². The molecular formula is C13H24N2O4. The molecule has 1 aliphatic rings. The van der Waals surface area contributed by atoms with E-state index in [4.69, 9.17) is 9.47 Å². The van der Waals surface area contributed by atoms with Crippen molar-refractivity contribution >= 4 is 11.9 Å². The van der Waals surface area contributed by atoms with Crippen LogP contribution in [0.15, 0.2) is 0 Å². The van der Waals surface area contributed by atoms with Gasteiger partial charge in [-0.05, 0) is 25.8 Å². The molecule has 0 radical (unpaired) electrons. The summed E-state index contributed by atoms with van der Waals surface area (Å²) >= 11 is 0. The van der Waals surface area contributed by atoms with Gasteiger partial charge in [-0.3, -0.25) is 9.59 Å². The summed E-state index contributed by atoms with van der Waals surface area (Å²) in [4.78, 5) is 23.4. The molecule has 0 aromatic heterocycles. The highest BCUT2D eigenvalue weighted by Crippen LogP contribution is 2.24. The van der Waals surface area contributed by atoms with E-state index in [-0.39, 0.29) is 23.7 Å². The van der Waals surface area contributed by atoms with Gasteiger partial charge >= 0.3 is 5.97 Å². The first-order chi connectivity index (χ1) is 9.19. The summed E-state index contributed by atoms with van der Waals surface area (Å²) in [6.45, 7) is 2.32. The lowest BCUT2D eigenvalue weighted by Gasteiger charge is -2.28. The van der Waals surface area contributed by atoms with E-state index in [1.807, 2.05) is 0 Å². The largest absolute Gasteiger partial charge is 0.469 e. The Labute approximate surface area is 114 Å². The van der Waals surface area contributed by atoms with Gasteiger partial charge in [-0.1, -0.05) is 0 Å². The Morgan fingerprint density at radius 2 is 2.05 bits per heavy atom. The van der Waals surface area contributed by atoms with Gasteiger partial charge < -0.3 is 20.1 Å². The van der Waals surface area contributed by atoms with Crippen molar-refractivity contribution in [3.63, 3.8) is 0 Å². The van der Waals surface area contributed by atoms with E-state index in [2.05, 4.69) is 10.6 Å². The number of esters is 1. The van der Waals surface area contributed by atoms with Crippen molar-refractivity contribution in [3.05, 3.63) is 0 Å². The Morgan fingerprint density at radius 1 is 1.37 bits per heavy atom. The van der Waals surface area contributed by atoms with Crippen LogP contribution in [0.4, 0.5) is 0 Å². The van der Waals surface area contributed by atoms with E-state index >= 15 is 0 Å². The zero-order chi connectivity index (χ0) is 14.1. The molecule has 2 N–H and O–H groups in total. The number of rotatable bonds is 7. The fourth-order valence-electron chi connectivity index (χ4n) is 2.26. The van der Waals surface area contributed by atoms with Crippen LogP contribution in [0.1, 0.15) is 19.3 Å². The normalized spacial score (nSPS) is 17.8. The number of nitrogens with one attached hydrogen (secondary N) is 2. The Bertz CT molecular complexity index is 290. The van der Waals surface area contributed by atoms with E-state index in [0.717, 1.165) is 12.8 Å². The highest BCUT2D eigenvalue weighted by Gasteiger charge is 2.30. The molecule has 0 aromatic rings. The molecule has 1 fully saturated rings. The van der Waals surface area contributed by atoms with E-state index < -0.39 is 0 Å². The van der Waals surface area contributed by atoms with Crippen molar-refractivity contribution in [3.8, 4) is 0 Å². The second-order valence-electron chi connectivity index (χ2n) is 4.74. The van der Waals surface area contributed by atoms with E-state index in [1.54, 1.807) is 7.05 Å². The molecule has 1 unspecified atom stereocenters. The van der Waals surface area contributed by atoms with Gasteiger partial charge in [0.25, 0.3) is 0 Å². The average molecular weight is 272 g/mol. The number of methoxy groups -OCH3 is 1. The summed E-state index contributed by atoms with van der Waals surface area (Å²) in [6, 6.07) is 0. The van der Waals surface area contributed by atoms with Crippen molar-refractivity contribution in [2.75, 3.05) is 40.5 Å². The fraction of sp³-hybridized carbons (Fsp3) is 0.846. The maximum Gasteiger partial charge on any atom is 0.310 e. The maximum absolute atomic E-state index is 11.8. The van der Waals surface area contributed by atoms with Crippen molar-refractivity contribution < 1.29 is 19.1 Å². The zero-order valence-corrected chi connectivity index (χ0v) is 11.7. The molecule has 19 heavy (non-hydrogen) atoms. The van der Waals surface area contributed by atoms with E-state index in [0.29, 0.717) is 32.7 Å². The minimum Gasteiger partial charge on any atom is -0.469 e. The van der Waals surface area contributed by atoms with Crippen LogP contribution in [-0.2, 0) is 19.1 Å². The summed E-state index contributed by atoms with van der Waals surface area (Å²) in [5.74, 6) is -0.339. The molecule has 0 bridgehead atoms. The molecular weight excluding hydrogens is 248 g/mol. The summed E-state index contributed by atoms with van der Waals surface area (Å²) in [6.07, 6.45) is 2.09. The summed E-state index contributed by atoms with van der Waals surface area (Å²) in [5.41, 5.74) is 0. The zero-order valence-electron chi connectivity index (χ0n) is 11.7. The standard InChI is InChI=1S/C13H24N2O4/c1-14-6-3-12(16)15-9-11(13(17)18-2)10-4-7-19-8-5-10/h10-11,14H,3-9H2,1-2H3,(H,15,16). The first-order valence-electron chi connectivity index (χ1n) is 6.76. The third-order valence-corrected chi connectivity index (χ3v) is 3.46. The number of hydrogen-bond donors (Lipinski definition) is 2. The summed E-state index contributed by atoms with van der Waals surface area (Å²) in [7, 11) is 3.18. The predicted molar refractivity (Wildman–Crippen MR) is 70.6 cm³/mol. The van der Waals surface area contributed by atoms with Gasteiger partial charge in [-0.2, -0.15) is 0 Å². The van der Waals surface area contributed by atoms with Gasteiger partial charge in [-0.25, -0.2) is 0 Å². The van der Waals surface area contributed by atoms with Crippen LogP contribution in [0, 0.1) is 11.8 Å². The highest BCUT2D eigenvalue weighted by atomic mass is 16.5. The number of carbonyl (C=O) groups excluding carboxylic acids is 2. The molecule has 110 valence electrons. The van der Waals surface area contributed by atoms with Crippen LogP contribution >= 0.6 is 0 Å². The minimum absolute atomic E-state index is 0.0460. The van der Waals surface area contributed by atoms with Crippen LogP contribution in [0.5, 0.6) is 0 Å². The van der Waals surface area contributed by atoms with E-state index in [1.165, 1.54) is 7.11 Å². The molecule has 1 heterocycles. The van der Waals surface area contributed by atoms with Gasteiger partial charge in [-0.15, -0.1) is 0 Å². The second-order valence-corrected chi connectivity index (χ2v) is 4.74. The molecule has 1 atom stereocenters. The lowest BCUT2D eigenvalue weighted by atomic mass is 9.86. The molecule has 0 aromatic carbocycles. The number of amides is 1. The van der Waals surface area contributed by atoms with Crippen LogP contribution < -0.4 is 10.6 Å². The second kappa shape index (κ2) is 8.87. The van der Waals surface area contributed by atoms with Crippen molar-refractivity contribution in [1.82, 2.24) is 10.6 Å². The number of carbonyl (C=O) groups is 2. The van der Waals surface area contributed by atoms with Gasteiger partial charge in [0.2, 0.25) is 5.91 Å². The van der Waals surface area contributed by atoms with Crippen molar-refractivity contribution in [1.29, 1.82) is 0 Å². The molecule has 6 nitrogen and oxygen atoms in total. The number of hydrogen-bond acceptors (Lipinski definition) is 5. The Balaban J connectivity index is 2.45. The van der Waals surface area contributed by atoms with E-state index in [9.17, 15) is 9.59 Å². The lowest BCUT2D eigenvalue weighted by molar-refractivity contribution is -0.148. The highest BCUT2D eigenvalue weighted by molar-refractivity contribution is 5.78. The third kappa shape index (κ3) is 5.57. The smallest absolute Gasteiger partial charge is 0.310 e. The maximum atomic E-state index is 11.8. The van der Waals surface area contributed by atoms with Crippen LogP contribution in [0.25, 0.3) is 0 Å². The third-order valence-electron chi connectivity index (χ3n) is 3.46. The SMILES string of the molecule is CNCCC(=O)NCC(C(=O)OC)C1CCOCC1. The van der Waals surface area contributed by atoms with Gasteiger partial charge in [0, 0.05) is 32.7 Å². The van der Waals surface area contributed by atoms with Gasteiger partial charge in [0.1, 0.15) is 0 Å². The monoisotopic (exact) mass is 272 g/mol. The van der Waals surface area contributed by atoms with Gasteiger partial charge in [0.15, 0.2) is 0 Å². The molecule has 1 amide bonds. The molecule has 0 saturated carbocycles. The molecule has 1 rings (SSSR count). The minimum atomic E-state index is -0.271. The number of ether oxygens (including phenoxy) is 2. The van der Waals surface area contributed by atoms with Crippen LogP contribution in [0.2, 0.25) is 0 Å². The predicted octanol–water partition coefficient (Wildman–Crippen LogP) is -0.0721. The topological polar surface area (TPSA) is 76.7 Å². The van der Waals surface area contributed by atoms with Crippen molar-refractivity contribution in [2.45, 2.75) is 19.3 Å². The quantitative estimate of drug-likeness (QED) is 0.634. The fourth-order valence-corrected chi connectivity index (χ4v) is 2.26. The first-order valence-corrected chi connectivity index (χ1v) is 6.76. The Morgan fingerprint density at radius 3 is 2.63 bits per heavy atom. The molecule has 0 spiro atoms. The van der Waals surface area contributed by atoms with Crippen LogP contribution in [0.3, 0.4) is 0 Å². The van der Waals surface area contributed by atoms with Gasteiger partial charge in [0.05, 0.1) is 13.0 Å².